The lowest BCUT2D eigenvalue weighted by Gasteiger charge is -2.11. The Morgan fingerprint density at radius 3 is 2.28 bits per heavy atom. The number of hydrogen-bond donors (Lipinski definition) is 1. The van der Waals surface area contributed by atoms with Gasteiger partial charge in [-0.3, -0.25) is 4.57 Å². The third-order valence-corrected chi connectivity index (χ3v) is 6.27. The molecule has 0 saturated heterocycles. The van der Waals surface area contributed by atoms with Gasteiger partial charge in [-0.15, -0.1) is 10.2 Å². The summed E-state index contributed by atoms with van der Waals surface area (Å²) in [5.41, 5.74) is 4.33. The molecular weight excluding hydrogens is 455 g/mol. The van der Waals surface area contributed by atoms with Crippen molar-refractivity contribution in [2.75, 3.05) is 0 Å². The molecule has 0 bridgehead atoms. The number of benzene rings is 3. The van der Waals surface area contributed by atoms with E-state index in [2.05, 4.69) is 34.5 Å². The Balaban J connectivity index is 1.49. The number of para-hydroxylation sites is 1. The van der Waals surface area contributed by atoms with Crippen LogP contribution in [0.15, 0.2) is 83.7 Å². The third-order valence-electron chi connectivity index (χ3n) is 6.27. The van der Waals surface area contributed by atoms with Crippen LogP contribution < -0.4 is 5.69 Å². The van der Waals surface area contributed by atoms with Crippen molar-refractivity contribution in [1.82, 2.24) is 29.8 Å². The summed E-state index contributed by atoms with van der Waals surface area (Å²) in [4.78, 5) is 13.4. The van der Waals surface area contributed by atoms with Gasteiger partial charge in [0.25, 0.3) is 0 Å². The molecule has 3 aromatic carbocycles. The molecule has 7 nitrogen and oxygen atoms in total. The highest BCUT2D eigenvalue weighted by Gasteiger charge is 2.21. The normalized spacial score (nSPS) is 11.3. The summed E-state index contributed by atoms with van der Waals surface area (Å²) in [5.74, 6) is 0.429. The number of nitrogens with zero attached hydrogens (tertiary/aromatic N) is 5. The van der Waals surface area contributed by atoms with Crippen LogP contribution in [0.2, 0.25) is 0 Å². The zero-order chi connectivity index (χ0) is 25.1. The van der Waals surface area contributed by atoms with E-state index in [4.69, 9.17) is 0 Å². The van der Waals surface area contributed by atoms with E-state index in [1.165, 1.54) is 4.57 Å². The van der Waals surface area contributed by atoms with Gasteiger partial charge in [-0.05, 0) is 52.8 Å². The van der Waals surface area contributed by atoms with Crippen molar-refractivity contribution in [2.45, 2.75) is 33.2 Å². The molecule has 0 saturated carbocycles. The quantitative estimate of drug-likeness (QED) is 0.327. The van der Waals surface area contributed by atoms with E-state index in [-0.39, 0.29) is 12.2 Å². The second-order valence-corrected chi connectivity index (χ2v) is 9.19. The van der Waals surface area contributed by atoms with Gasteiger partial charge in [0.15, 0.2) is 0 Å². The molecule has 0 unspecified atom stereocenters. The highest BCUT2D eigenvalue weighted by atomic mass is 19.1. The molecule has 2 aromatic heterocycles. The number of rotatable bonds is 8. The Labute approximate surface area is 208 Å². The summed E-state index contributed by atoms with van der Waals surface area (Å²) in [5, 5.41) is 14.4. The molecule has 0 spiro atoms. The lowest BCUT2D eigenvalue weighted by atomic mass is 9.98. The Bertz CT molecular complexity index is 1500. The summed E-state index contributed by atoms with van der Waals surface area (Å²) >= 11 is 0. The molecule has 36 heavy (non-hydrogen) atoms. The zero-order valence-electron chi connectivity index (χ0n) is 20.2. The van der Waals surface area contributed by atoms with E-state index >= 15 is 4.39 Å². The number of aromatic nitrogens is 6. The summed E-state index contributed by atoms with van der Waals surface area (Å²) in [6.45, 7) is 4.48. The second kappa shape index (κ2) is 10.1. The van der Waals surface area contributed by atoms with Gasteiger partial charge in [-0.2, -0.15) is 9.60 Å². The molecule has 0 atom stereocenters. The van der Waals surface area contributed by atoms with Crippen LogP contribution in [0.5, 0.6) is 0 Å². The van der Waals surface area contributed by atoms with Gasteiger partial charge >= 0.3 is 5.69 Å². The van der Waals surface area contributed by atoms with E-state index in [0.717, 1.165) is 28.7 Å². The minimum atomic E-state index is -0.488. The van der Waals surface area contributed by atoms with Crippen LogP contribution in [-0.2, 0) is 13.0 Å². The number of H-pyrrole nitrogens is 1. The number of imidazole rings is 1. The molecule has 0 aliphatic carbocycles. The number of aromatic amines is 1. The van der Waals surface area contributed by atoms with Crippen LogP contribution in [0.3, 0.4) is 0 Å². The van der Waals surface area contributed by atoms with Crippen molar-refractivity contribution >= 4 is 0 Å². The number of halogens is 1. The SMILES string of the molecule is CC(C)CCc1c(F)n(-c2ccccc2)c(=O)n1Cc1ccc(-c2ccccc2-c2nn[nH]n2)cc1. The monoisotopic (exact) mass is 482 g/mol. The lowest BCUT2D eigenvalue weighted by Crippen LogP contribution is -2.25. The first-order valence-corrected chi connectivity index (χ1v) is 12.0. The summed E-state index contributed by atoms with van der Waals surface area (Å²) in [6.07, 6.45) is 1.29. The molecule has 0 aliphatic heterocycles. The molecule has 0 fully saturated rings. The van der Waals surface area contributed by atoms with Crippen molar-refractivity contribution < 1.29 is 4.39 Å². The third kappa shape index (κ3) is 4.62. The summed E-state index contributed by atoms with van der Waals surface area (Å²) in [6, 6.07) is 24.7. The van der Waals surface area contributed by atoms with Gasteiger partial charge < -0.3 is 0 Å². The molecule has 1 N–H and O–H groups in total. The maximum absolute atomic E-state index is 15.6. The Morgan fingerprint density at radius 1 is 0.917 bits per heavy atom. The maximum atomic E-state index is 15.6. The van der Waals surface area contributed by atoms with Gasteiger partial charge in [0.1, 0.15) is 0 Å². The van der Waals surface area contributed by atoms with Crippen molar-refractivity contribution in [1.29, 1.82) is 0 Å². The summed E-state index contributed by atoms with van der Waals surface area (Å²) in [7, 11) is 0. The predicted octanol–water partition coefficient (Wildman–Crippen LogP) is 5.26. The van der Waals surface area contributed by atoms with Crippen LogP contribution in [0.4, 0.5) is 4.39 Å². The average molecular weight is 483 g/mol. The molecule has 0 radical (unpaired) electrons. The first-order chi connectivity index (χ1) is 17.5. The minimum absolute atomic E-state index is 0.287. The van der Waals surface area contributed by atoms with Gasteiger partial charge in [-0.1, -0.05) is 80.6 Å². The molecular formula is C28H27FN6O. The highest BCUT2D eigenvalue weighted by Crippen LogP contribution is 2.30. The highest BCUT2D eigenvalue weighted by molar-refractivity contribution is 5.80. The van der Waals surface area contributed by atoms with Crippen molar-refractivity contribution in [3.63, 3.8) is 0 Å². The van der Waals surface area contributed by atoms with E-state index in [9.17, 15) is 4.79 Å². The van der Waals surface area contributed by atoms with Crippen LogP contribution in [-0.4, -0.2) is 29.8 Å². The van der Waals surface area contributed by atoms with E-state index in [0.29, 0.717) is 29.5 Å². The standard InChI is InChI=1S/C28H27FN6O/c1-19(2)12-17-25-26(29)35(22-8-4-3-5-9-22)28(36)34(25)18-20-13-15-21(16-14-20)23-10-6-7-11-24(23)27-30-32-33-31-27/h3-11,13-16,19H,12,17-18H2,1-2H3,(H,30,31,32,33). The summed E-state index contributed by atoms with van der Waals surface area (Å²) < 4.78 is 18.3. The number of nitrogens with one attached hydrogen (secondary N) is 1. The van der Waals surface area contributed by atoms with Crippen LogP contribution in [0.1, 0.15) is 31.5 Å². The predicted molar refractivity (Wildman–Crippen MR) is 137 cm³/mol. The maximum Gasteiger partial charge on any atom is 0.335 e. The van der Waals surface area contributed by atoms with E-state index in [1.54, 1.807) is 28.8 Å². The first-order valence-electron chi connectivity index (χ1n) is 12.0. The topological polar surface area (TPSA) is 81.4 Å². The largest absolute Gasteiger partial charge is 0.335 e. The lowest BCUT2D eigenvalue weighted by molar-refractivity contribution is 0.515. The number of hydrogen-bond acceptors (Lipinski definition) is 4. The minimum Gasteiger partial charge on any atom is -0.288 e. The second-order valence-electron chi connectivity index (χ2n) is 9.19. The van der Waals surface area contributed by atoms with Gasteiger partial charge in [0, 0.05) is 5.56 Å². The van der Waals surface area contributed by atoms with Crippen molar-refractivity contribution in [3.05, 3.63) is 107 Å². The van der Waals surface area contributed by atoms with Crippen molar-refractivity contribution in [2.24, 2.45) is 5.92 Å². The average Bonchev–Trinajstić information content (AvgIpc) is 3.51. The van der Waals surface area contributed by atoms with Crippen LogP contribution in [0, 0.1) is 11.9 Å². The molecule has 5 aromatic rings. The van der Waals surface area contributed by atoms with E-state index in [1.807, 2.05) is 54.6 Å². The van der Waals surface area contributed by atoms with Gasteiger partial charge in [-0.25, -0.2) is 9.36 Å². The van der Waals surface area contributed by atoms with Crippen LogP contribution >= 0.6 is 0 Å². The van der Waals surface area contributed by atoms with Gasteiger partial charge in [0.05, 0.1) is 17.9 Å². The molecule has 5 rings (SSSR count). The molecule has 0 amide bonds. The molecule has 0 aliphatic rings. The Hall–Kier alpha value is -4.33. The van der Waals surface area contributed by atoms with Gasteiger partial charge in [0.2, 0.25) is 11.8 Å². The molecule has 182 valence electrons. The Kier molecular flexibility index (Phi) is 6.58. The number of tetrazole rings is 1. The van der Waals surface area contributed by atoms with Crippen molar-refractivity contribution in [3.8, 4) is 28.2 Å². The smallest absolute Gasteiger partial charge is 0.288 e. The fraction of sp³-hybridized carbons (Fsp3) is 0.214. The van der Waals surface area contributed by atoms with E-state index < -0.39 is 5.95 Å². The first kappa shape index (κ1) is 23.4. The fourth-order valence-corrected chi connectivity index (χ4v) is 4.37. The molecule has 2 heterocycles. The Morgan fingerprint density at radius 2 is 1.61 bits per heavy atom. The van der Waals surface area contributed by atoms with Crippen LogP contribution in [0.25, 0.3) is 28.2 Å². The fourth-order valence-electron chi connectivity index (χ4n) is 4.37. The molecule has 8 heteroatoms. The zero-order valence-corrected chi connectivity index (χ0v) is 20.2.